The van der Waals surface area contributed by atoms with Crippen LogP contribution in [0.2, 0.25) is 0 Å². The number of nitrogens with two attached hydrogens (primary N) is 1. The Bertz CT molecular complexity index is 551. The largest absolute Gasteiger partial charge is 0.381 e. The molecule has 0 bridgehead atoms. The van der Waals surface area contributed by atoms with Gasteiger partial charge in [-0.3, -0.25) is 4.79 Å². The first kappa shape index (κ1) is 15.6. The maximum Gasteiger partial charge on any atom is 0.234 e. The Morgan fingerprint density at radius 2 is 2.10 bits per heavy atom. The van der Waals surface area contributed by atoms with Crippen molar-refractivity contribution >= 4 is 23.5 Å². The molecule has 0 aromatic carbocycles. The van der Waals surface area contributed by atoms with E-state index in [1.807, 2.05) is 0 Å². The van der Waals surface area contributed by atoms with Gasteiger partial charge in [0.1, 0.15) is 10.6 Å². The molecule has 2 rings (SSSR count). The van der Waals surface area contributed by atoms with E-state index in [0.717, 1.165) is 32.1 Å². The van der Waals surface area contributed by atoms with Crippen LogP contribution in [0.4, 0.5) is 5.82 Å². The van der Waals surface area contributed by atoms with Gasteiger partial charge in [-0.25, -0.2) is 9.97 Å². The second kappa shape index (κ2) is 6.76. The molecule has 1 fully saturated rings. The number of thioether (sulfide) groups is 1. The monoisotopic (exact) mass is 305 g/mol. The molecule has 0 atom stereocenters. The maximum atomic E-state index is 12.4. The van der Waals surface area contributed by atoms with Crippen LogP contribution in [-0.4, -0.2) is 39.1 Å². The Kier molecular flexibility index (Phi) is 5.02. The van der Waals surface area contributed by atoms with E-state index in [1.165, 1.54) is 18.0 Å². The molecule has 7 heteroatoms. The quantitative estimate of drug-likeness (QED) is 0.853. The first-order chi connectivity index (χ1) is 10.1. The molecule has 0 saturated heterocycles. The third-order valence-electron chi connectivity index (χ3n) is 3.93. The third kappa shape index (κ3) is 3.45. The summed E-state index contributed by atoms with van der Waals surface area (Å²) >= 11 is 1.26. The molecule has 1 heterocycles. The molecule has 0 radical (unpaired) electrons. The Morgan fingerprint density at radius 1 is 1.43 bits per heavy atom. The highest BCUT2D eigenvalue weighted by molar-refractivity contribution is 8.00. The first-order valence-corrected chi connectivity index (χ1v) is 7.95. The van der Waals surface area contributed by atoms with E-state index in [9.17, 15) is 10.1 Å². The number of amides is 1. The van der Waals surface area contributed by atoms with Crippen molar-refractivity contribution in [3.8, 4) is 6.07 Å². The van der Waals surface area contributed by atoms with Gasteiger partial charge in [0.2, 0.25) is 5.91 Å². The summed E-state index contributed by atoms with van der Waals surface area (Å²) in [5, 5.41) is 10.0. The van der Waals surface area contributed by atoms with Gasteiger partial charge >= 0.3 is 0 Å². The molecule has 0 aliphatic heterocycles. The normalized spacial score (nSPS) is 17.0. The van der Waals surface area contributed by atoms with Crippen LogP contribution >= 0.6 is 11.8 Å². The predicted octanol–water partition coefficient (Wildman–Crippen LogP) is 1.84. The van der Waals surface area contributed by atoms with Crippen molar-refractivity contribution in [2.45, 2.75) is 42.7 Å². The number of aromatic nitrogens is 2. The highest BCUT2D eigenvalue weighted by Gasteiger charge is 2.38. The number of carbonyl (C=O) groups excluding carboxylic acids is 1. The summed E-state index contributed by atoms with van der Waals surface area (Å²) in [4.78, 5) is 22.0. The van der Waals surface area contributed by atoms with Gasteiger partial charge in [0.25, 0.3) is 0 Å². The van der Waals surface area contributed by atoms with Crippen LogP contribution in [0.3, 0.4) is 0 Å². The van der Waals surface area contributed by atoms with E-state index in [-0.39, 0.29) is 11.7 Å². The van der Waals surface area contributed by atoms with Crippen molar-refractivity contribution in [3.05, 3.63) is 12.4 Å². The second-order valence-electron chi connectivity index (χ2n) is 5.19. The lowest BCUT2D eigenvalue weighted by molar-refractivity contribution is -0.131. The van der Waals surface area contributed by atoms with E-state index in [1.54, 1.807) is 18.1 Å². The van der Waals surface area contributed by atoms with Crippen LogP contribution < -0.4 is 5.73 Å². The molecule has 1 aliphatic carbocycles. The maximum absolute atomic E-state index is 12.4. The van der Waals surface area contributed by atoms with Gasteiger partial charge in [-0.15, -0.1) is 0 Å². The lowest BCUT2D eigenvalue weighted by Gasteiger charge is -2.39. The van der Waals surface area contributed by atoms with Gasteiger partial charge in [0.15, 0.2) is 5.82 Å². The number of nitrogens with zero attached hydrogens (tertiary/aromatic N) is 4. The Balaban J connectivity index is 1.99. The third-order valence-corrected chi connectivity index (χ3v) is 4.91. The standard InChI is InChI=1S/C14H19N5OS/c1-19(14(10-15)5-3-2-4-6-14)11(20)9-21-13-12(16)17-7-8-18-13/h7-8H,2-6,9H2,1H3,(H2,16,17). The molecule has 1 amide bonds. The molecule has 21 heavy (non-hydrogen) atoms. The van der Waals surface area contributed by atoms with Crippen molar-refractivity contribution in [1.29, 1.82) is 5.26 Å². The van der Waals surface area contributed by atoms with Gasteiger partial charge in [0.05, 0.1) is 11.8 Å². The number of nitrogen functional groups attached to an aromatic ring is 1. The minimum atomic E-state index is -0.649. The molecule has 1 aromatic heterocycles. The van der Waals surface area contributed by atoms with Gasteiger partial charge < -0.3 is 10.6 Å². The van der Waals surface area contributed by atoms with E-state index in [2.05, 4.69) is 16.0 Å². The first-order valence-electron chi connectivity index (χ1n) is 6.96. The number of hydrogen-bond donors (Lipinski definition) is 1. The number of rotatable bonds is 4. The van der Waals surface area contributed by atoms with E-state index in [4.69, 9.17) is 5.73 Å². The van der Waals surface area contributed by atoms with Crippen LogP contribution in [0.1, 0.15) is 32.1 Å². The lowest BCUT2D eigenvalue weighted by atomic mass is 9.81. The minimum Gasteiger partial charge on any atom is -0.381 e. The molecule has 1 saturated carbocycles. The zero-order valence-electron chi connectivity index (χ0n) is 12.1. The Hall–Kier alpha value is -1.81. The molecule has 1 aromatic rings. The number of nitriles is 1. The molecule has 0 unspecified atom stereocenters. The SMILES string of the molecule is CN(C(=O)CSc1nccnc1N)C1(C#N)CCCCC1. The smallest absolute Gasteiger partial charge is 0.234 e. The van der Waals surface area contributed by atoms with Crippen LogP contribution in [0, 0.1) is 11.3 Å². The fourth-order valence-electron chi connectivity index (χ4n) is 2.57. The summed E-state index contributed by atoms with van der Waals surface area (Å²) < 4.78 is 0. The van der Waals surface area contributed by atoms with Gasteiger partial charge in [-0.1, -0.05) is 31.0 Å². The minimum absolute atomic E-state index is 0.0755. The highest BCUT2D eigenvalue weighted by Crippen LogP contribution is 2.33. The molecule has 112 valence electrons. The zero-order chi connectivity index (χ0) is 15.3. The van der Waals surface area contributed by atoms with Gasteiger partial charge in [-0.05, 0) is 12.8 Å². The topological polar surface area (TPSA) is 95.9 Å². The van der Waals surface area contributed by atoms with E-state index < -0.39 is 5.54 Å². The van der Waals surface area contributed by atoms with Crippen LogP contribution in [0.5, 0.6) is 0 Å². The predicted molar refractivity (Wildman–Crippen MR) is 81.4 cm³/mol. The molecular weight excluding hydrogens is 286 g/mol. The van der Waals surface area contributed by atoms with Gasteiger partial charge in [0, 0.05) is 19.4 Å². The number of anilines is 1. The Morgan fingerprint density at radius 3 is 2.71 bits per heavy atom. The average molecular weight is 305 g/mol. The molecule has 1 aliphatic rings. The van der Waals surface area contributed by atoms with E-state index in [0.29, 0.717) is 10.8 Å². The summed E-state index contributed by atoms with van der Waals surface area (Å²) in [7, 11) is 1.72. The van der Waals surface area contributed by atoms with Gasteiger partial charge in [-0.2, -0.15) is 5.26 Å². The molecule has 0 spiro atoms. The average Bonchev–Trinajstić information content (AvgIpc) is 2.53. The summed E-state index contributed by atoms with van der Waals surface area (Å²) in [6.07, 6.45) is 7.69. The lowest BCUT2D eigenvalue weighted by Crippen LogP contribution is -2.50. The molecule has 6 nitrogen and oxygen atoms in total. The summed E-state index contributed by atoms with van der Waals surface area (Å²) in [5.74, 6) is 0.460. The zero-order valence-corrected chi connectivity index (χ0v) is 12.9. The van der Waals surface area contributed by atoms with Crippen molar-refractivity contribution in [2.24, 2.45) is 0 Å². The fraction of sp³-hybridized carbons (Fsp3) is 0.571. The summed E-state index contributed by atoms with van der Waals surface area (Å²) in [6.45, 7) is 0. The Labute approximate surface area is 128 Å². The fourth-order valence-corrected chi connectivity index (χ4v) is 3.36. The molecular formula is C14H19N5OS. The van der Waals surface area contributed by atoms with Crippen LogP contribution in [0.25, 0.3) is 0 Å². The van der Waals surface area contributed by atoms with E-state index >= 15 is 0 Å². The number of hydrogen-bond acceptors (Lipinski definition) is 6. The second-order valence-corrected chi connectivity index (χ2v) is 6.16. The summed E-state index contributed by atoms with van der Waals surface area (Å²) in [5.41, 5.74) is 5.06. The summed E-state index contributed by atoms with van der Waals surface area (Å²) in [6, 6.07) is 2.35. The number of carbonyl (C=O) groups is 1. The van der Waals surface area contributed by atoms with Crippen molar-refractivity contribution in [3.63, 3.8) is 0 Å². The van der Waals surface area contributed by atoms with Crippen molar-refractivity contribution < 1.29 is 4.79 Å². The van der Waals surface area contributed by atoms with Crippen LogP contribution in [0.15, 0.2) is 17.4 Å². The highest BCUT2D eigenvalue weighted by atomic mass is 32.2. The van der Waals surface area contributed by atoms with Crippen LogP contribution in [-0.2, 0) is 4.79 Å². The van der Waals surface area contributed by atoms with Crippen molar-refractivity contribution in [2.75, 3.05) is 18.5 Å². The molecule has 2 N–H and O–H groups in total. The van der Waals surface area contributed by atoms with Crippen molar-refractivity contribution in [1.82, 2.24) is 14.9 Å².